The van der Waals surface area contributed by atoms with Gasteiger partial charge in [-0.25, -0.2) is 9.97 Å². The van der Waals surface area contributed by atoms with E-state index in [-0.39, 0.29) is 0 Å². The Hall–Kier alpha value is -1.93. The first-order valence-corrected chi connectivity index (χ1v) is 10.00. The molecule has 1 aliphatic carbocycles. The Kier molecular flexibility index (Phi) is 7.65. The number of piperazine rings is 1. The van der Waals surface area contributed by atoms with E-state index in [0.717, 1.165) is 76.9 Å². The minimum absolute atomic E-state index is 0.761. The Morgan fingerprint density at radius 3 is 2.67 bits per heavy atom. The van der Waals surface area contributed by atoms with Crippen LogP contribution in [0.15, 0.2) is 23.5 Å². The molecular formula is C19H33N7O. The van der Waals surface area contributed by atoms with Crippen LogP contribution in [0.5, 0.6) is 0 Å². The van der Waals surface area contributed by atoms with Crippen LogP contribution in [0.3, 0.4) is 0 Å². The van der Waals surface area contributed by atoms with Crippen LogP contribution in [0, 0.1) is 5.92 Å². The summed E-state index contributed by atoms with van der Waals surface area (Å²) in [5.74, 6) is 2.59. The highest BCUT2D eigenvalue weighted by Gasteiger charge is 2.21. The van der Waals surface area contributed by atoms with Gasteiger partial charge in [-0.1, -0.05) is 0 Å². The highest BCUT2D eigenvalue weighted by molar-refractivity contribution is 5.79. The lowest BCUT2D eigenvalue weighted by Crippen LogP contribution is -2.50. The molecule has 0 bridgehead atoms. The number of aromatic nitrogens is 2. The molecule has 0 radical (unpaired) electrons. The fourth-order valence-corrected chi connectivity index (χ4v) is 3.18. The molecule has 0 spiro atoms. The van der Waals surface area contributed by atoms with Crippen molar-refractivity contribution in [3.05, 3.63) is 18.5 Å². The molecule has 1 saturated carbocycles. The number of aliphatic imine (C=N–C) groups is 1. The van der Waals surface area contributed by atoms with Gasteiger partial charge in [-0.2, -0.15) is 0 Å². The average molecular weight is 376 g/mol. The summed E-state index contributed by atoms with van der Waals surface area (Å²) in [5.41, 5.74) is 0. The maximum Gasteiger partial charge on any atom is 0.225 e. The minimum Gasteiger partial charge on any atom is -0.379 e. The fourth-order valence-electron chi connectivity index (χ4n) is 3.18. The lowest BCUT2D eigenvalue weighted by Gasteiger charge is -2.34. The zero-order valence-corrected chi connectivity index (χ0v) is 16.7. The Morgan fingerprint density at radius 1 is 1.26 bits per heavy atom. The third-order valence-electron chi connectivity index (χ3n) is 5.11. The first kappa shape index (κ1) is 19.8. The molecule has 8 nitrogen and oxygen atoms in total. The minimum atomic E-state index is 0.761. The third-order valence-corrected chi connectivity index (χ3v) is 5.11. The van der Waals surface area contributed by atoms with E-state index >= 15 is 0 Å². The van der Waals surface area contributed by atoms with Crippen LogP contribution in [0.2, 0.25) is 0 Å². The van der Waals surface area contributed by atoms with E-state index in [1.165, 1.54) is 12.8 Å². The fraction of sp³-hybridized carbons (Fsp3) is 0.737. The molecule has 1 aromatic heterocycles. The summed E-state index contributed by atoms with van der Waals surface area (Å²) in [6.45, 7) is 8.44. The van der Waals surface area contributed by atoms with Gasteiger partial charge in [0.2, 0.25) is 5.95 Å². The zero-order valence-electron chi connectivity index (χ0n) is 16.7. The van der Waals surface area contributed by atoms with Gasteiger partial charge in [0.05, 0.1) is 6.61 Å². The molecule has 1 aliphatic heterocycles. The molecule has 1 N–H and O–H groups in total. The molecule has 27 heavy (non-hydrogen) atoms. The summed E-state index contributed by atoms with van der Waals surface area (Å²) >= 11 is 0. The third kappa shape index (κ3) is 6.62. The first-order chi connectivity index (χ1) is 13.3. The van der Waals surface area contributed by atoms with Crippen molar-refractivity contribution in [2.45, 2.75) is 12.8 Å². The van der Waals surface area contributed by atoms with Crippen LogP contribution >= 0.6 is 0 Å². The Morgan fingerprint density at radius 2 is 2.00 bits per heavy atom. The van der Waals surface area contributed by atoms with Crippen molar-refractivity contribution >= 4 is 11.9 Å². The Balaban J connectivity index is 1.29. The second-order valence-corrected chi connectivity index (χ2v) is 7.29. The molecule has 0 atom stereocenters. The van der Waals surface area contributed by atoms with Crippen molar-refractivity contribution in [3.63, 3.8) is 0 Å². The number of hydrogen-bond donors (Lipinski definition) is 1. The van der Waals surface area contributed by atoms with Gasteiger partial charge >= 0.3 is 0 Å². The van der Waals surface area contributed by atoms with Crippen LogP contribution in [-0.4, -0.2) is 98.8 Å². The predicted octanol–water partition coefficient (Wildman–Crippen LogP) is 0.532. The predicted molar refractivity (Wildman–Crippen MR) is 108 cm³/mol. The normalized spacial score (nSPS) is 18.6. The monoisotopic (exact) mass is 375 g/mol. The van der Waals surface area contributed by atoms with E-state index in [4.69, 9.17) is 4.74 Å². The maximum absolute atomic E-state index is 5.72. The van der Waals surface area contributed by atoms with Gasteiger partial charge in [-0.15, -0.1) is 0 Å². The highest BCUT2D eigenvalue weighted by atomic mass is 16.5. The summed E-state index contributed by atoms with van der Waals surface area (Å²) in [4.78, 5) is 19.9. The van der Waals surface area contributed by atoms with Gasteiger partial charge in [0.25, 0.3) is 0 Å². The van der Waals surface area contributed by atoms with E-state index in [2.05, 4.69) is 42.0 Å². The summed E-state index contributed by atoms with van der Waals surface area (Å²) in [7, 11) is 3.90. The number of rotatable bonds is 9. The lowest BCUT2D eigenvalue weighted by atomic mass is 10.3. The molecule has 1 saturated heterocycles. The van der Waals surface area contributed by atoms with Gasteiger partial charge < -0.3 is 19.9 Å². The van der Waals surface area contributed by atoms with Gasteiger partial charge in [0.1, 0.15) is 0 Å². The standard InChI is InChI=1S/C19H33N7O/c1-20-18(24(2)14-15-27-16-17-4-5-17)23-8-9-25-10-12-26(13-11-25)19-21-6-3-7-22-19/h3,6-7,17H,4-5,8-16H2,1-2H3,(H,20,23). The molecule has 3 rings (SSSR count). The lowest BCUT2D eigenvalue weighted by molar-refractivity contribution is 0.115. The van der Waals surface area contributed by atoms with Crippen molar-refractivity contribution < 1.29 is 4.74 Å². The smallest absolute Gasteiger partial charge is 0.225 e. The number of guanidine groups is 1. The first-order valence-electron chi connectivity index (χ1n) is 10.00. The molecule has 8 heteroatoms. The quantitative estimate of drug-likeness (QED) is 0.384. The number of nitrogens with one attached hydrogen (secondary N) is 1. The summed E-state index contributed by atoms with van der Waals surface area (Å²) < 4.78 is 5.72. The number of ether oxygens (including phenoxy) is 1. The van der Waals surface area contributed by atoms with Crippen LogP contribution in [-0.2, 0) is 4.74 Å². The SMILES string of the molecule is CN=C(NCCN1CCN(c2ncccn2)CC1)N(C)CCOCC1CC1. The highest BCUT2D eigenvalue weighted by Crippen LogP contribution is 2.28. The summed E-state index contributed by atoms with van der Waals surface area (Å²) in [6, 6.07) is 1.86. The summed E-state index contributed by atoms with van der Waals surface area (Å²) in [5, 5.41) is 3.46. The molecule has 0 aromatic carbocycles. The van der Waals surface area contributed by atoms with Crippen molar-refractivity contribution in [2.75, 3.05) is 78.0 Å². The number of hydrogen-bond acceptors (Lipinski definition) is 6. The number of likely N-dealkylation sites (N-methyl/N-ethyl adjacent to an activating group) is 1. The van der Waals surface area contributed by atoms with Gasteiger partial charge in [-0.3, -0.25) is 9.89 Å². The van der Waals surface area contributed by atoms with Gasteiger partial charge in [-0.05, 0) is 24.8 Å². The Labute approximate surface area is 162 Å². The van der Waals surface area contributed by atoms with E-state index in [1.807, 2.05) is 13.1 Å². The second kappa shape index (κ2) is 10.4. The van der Waals surface area contributed by atoms with Crippen LogP contribution < -0.4 is 10.2 Å². The number of anilines is 1. The molecule has 2 heterocycles. The second-order valence-electron chi connectivity index (χ2n) is 7.29. The molecule has 2 fully saturated rings. The molecule has 0 unspecified atom stereocenters. The summed E-state index contributed by atoms with van der Waals surface area (Å²) in [6.07, 6.45) is 6.28. The maximum atomic E-state index is 5.72. The topological polar surface area (TPSA) is 69.1 Å². The van der Waals surface area contributed by atoms with Gasteiger partial charge in [0, 0.05) is 78.9 Å². The molecule has 1 aromatic rings. The van der Waals surface area contributed by atoms with Crippen LogP contribution in [0.25, 0.3) is 0 Å². The van der Waals surface area contributed by atoms with Gasteiger partial charge in [0.15, 0.2) is 5.96 Å². The van der Waals surface area contributed by atoms with Crippen molar-refractivity contribution in [1.29, 1.82) is 0 Å². The van der Waals surface area contributed by atoms with E-state index in [0.29, 0.717) is 0 Å². The zero-order chi connectivity index (χ0) is 18.9. The van der Waals surface area contributed by atoms with E-state index < -0.39 is 0 Å². The van der Waals surface area contributed by atoms with Crippen molar-refractivity contribution in [1.82, 2.24) is 25.1 Å². The molecular weight excluding hydrogens is 342 g/mol. The van der Waals surface area contributed by atoms with Crippen molar-refractivity contribution in [3.8, 4) is 0 Å². The van der Waals surface area contributed by atoms with Crippen molar-refractivity contribution in [2.24, 2.45) is 10.9 Å². The average Bonchev–Trinajstić information content (AvgIpc) is 3.54. The molecule has 0 amide bonds. The van der Waals surface area contributed by atoms with Crippen LogP contribution in [0.1, 0.15) is 12.8 Å². The van der Waals surface area contributed by atoms with Crippen LogP contribution in [0.4, 0.5) is 5.95 Å². The largest absolute Gasteiger partial charge is 0.379 e. The van der Waals surface area contributed by atoms with E-state index in [9.17, 15) is 0 Å². The number of nitrogens with zero attached hydrogens (tertiary/aromatic N) is 6. The molecule has 2 aliphatic rings. The van der Waals surface area contributed by atoms with E-state index in [1.54, 1.807) is 12.4 Å². The Bertz CT molecular complexity index is 571. The molecule has 150 valence electrons.